The molecule has 0 aromatic carbocycles. The lowest BCUT2D eigenvalue weighted by Crippen LogP contribution is -2.39. The number of rotatable bonds is 8. The van der Waals surface area contributed by atoms with Crippen LogP contribution in [0.1, 0.15) is 65.7 Å². The number of nitrogens with zero attached hydrogens (tertiary/aromatic N) is 2. The Morgan fingerprint density at radius 3 is 2.29 bits per heavy atom. The smallest absolute Gasteiger partial charge is 0.333 e. The third-order valence-electron chi connectivity index (χ3n) is 5.95. The summed E-state index contributed by atoms with van der Waals surface area (Å²) in [4.78, 5) is 26.0. The first-order chi connectivity index (χ1) is 12.7. The molecule has 1 amide bonds. The summed E-state index contributed by atoms with van der Waals surface area (Å²) in [7, 11) is 1.90. The predicted molar refractivity (Wildman–Crippen MR) is 113 cm³/mol. The van der Waals surface area contributed by atoms with E-state index in [2.05, 4.69) is 26.1 Å². The van der Waals surface area contributed by atoms with Gasteiger partial charge in [0, 0.05) is 43.3 Å². The Morgan fingerprint density at radius 1 is 1.25 bits per heavy atom. The number of carbonyl (C=O) groups excluding carboxylic acids is 1. The summed E-state index contributed by atoms with van der Waals surface area (Å²) in [6, 6.07) is 1.80. The number of aliphatic carboxylic acids is 1. The zero-order valence-electron chi connectivity index (χ0n) is 18.8. The first-order valence-electron chi connectivity index (χ1n) is 9.88. The molecule has 6 nitrogen and oxygen atoms in total. The molecular weight excluding hydrogens is 354 g/mol. The van der Waals surface area contributed by atoms with Crippen molar-refractivity contribution in [1.82, 2.24) is 14.8 Å². The van der Waals surface area contributed by atoms with E-state index in [1.807, 2.05) is 63.5 Å². The fourth-order valence-electron chi connectivity index (χ4n) is 3.04. The van der Waals surface area contributed by atoms with Gasteiger partial charge in [0.15, 0.2) is 0 Å². The average molecular weight is 392 g/mol. The first kappa shape index (κ1) is 23.8. The standard InChI is InChI=1S/C22H37N3O3/c1-10-23-19(26)17-11-12-25(13-17)22(7,8)16(3)15(2)18(20(27)28)14-24(9)21(4,5)6/h11-16H,10H2,1-9H3,(H,23,26)(H,27,28)/b18-14+/t15?,16-/m1/s1. The SMILES string of the molecule is CCNC(=O)c1ccn(C(C)(C)[C@H](C)C(C)/C(=C\N(C)C(C)(C)C)C(=O)O)c1. The Hall–Kier alpha value is -2.24. The second kappa shape index (κ2) is 8.84. The van der Waals surface area contributed by atoms with Gasteiger partial charge < -0.3 is 19.9 Å². The molecule has 2 N–H and O–H groups in total. The molecule has 0 aliphatic carbocycles. The molecule has 158 valence electrons. The van der Waals surface area contributed by atoms with Crippen molar-refractivity contribution in [2.45, 2.75) is 66.5 Å². The highest BCUT2D eigenvalue weighted by Gasteiger charge is 2.35. The van der Waals surface area contributed by atoms with Gasteiger partial charge in [-0.05, 0) is 59.4 Å². The topological polar surface area (TPSA) is 74.6 Å². The predicted octanol–water partition coefficient (Wildman–Crippen LogP) is 3.94. The Morgan fingerprint density at radius 2 is 1.82 bits per heavy atom. The van der Waals surface area contributed by atoms with Crippen molar-refractivity contribution in [2.24, 2.45) is 11.8 Å². The Bertz CT molecular complexity index is 726. The summed E-state index contributed by atoms with van der Waals surface area (Å²) in [6.45, 7) is 16.8. The zero-order valence-corrected chi connectivity index (χ0v) is 18.8. The number of hydrogen-bond donors (Lipinski definition) is 2. The van der Waals surface area contributed by atoms with Crippen LogP contribution in [0.25, 0.3) is 0 Å². The number of nitrogens with one attached hydrogen (secondary N) is 1. The second-order valence-corrected chi connectivity index (χ2v) is 9.07. The molecule has 0 saturated heterocycles. The fraction of sp³-hybridized carbons (Fsp3) is 0.636. The fourth-order valence-corrected chi connectivity index (χ4v) is 3.04. The Balaban J connectivity index is 3.18. The highest BCUT2D eigenvalue weighted by molar-refractivity contribution is 5.94. The molecule has 0 fully saturated rings. The van der Waals surface area contributed by atoms with Gasteiger partial charge in [-0.3, -0.25) is 4.79 Å². The van der Waals surface area contributed by atoms with Gasteiger partial charge in [-0.1, -0.05) is 13.8 Å². The van der Waals surface area contributed by atoms with Crippen LogP contribution >= 0.6 is 0 Å². The normalized spacial score (nSPS) is 15.1. The Kier molecular flexibility index (Phi) is 7.52. The van der Waals surface area contributed by atoms with E-state index in [1.165, 1.54) is 0 Å². The van der Waals surface area contributed by atoms with Gasteiger partial charge in [0.1, 0.15) is 0 Å². The lowest BCUT2D eigenvalue weighted by Gasteiger charge is -2.39. The lowest BCUT2D eigenvalue weighted by atomic mass is 9.76. The molecule has 1 heterocycles. The van der Waals surface area contributed by atoms with Crippen LogP contribution < -0.4 is 5.32 Å². The maximum atomic E-state index is 12.1. The molecule has 6 heteroatoms. The van der Waals surface area contributed by atoms with E-state index in [0.717, 1.165) is 0 Å². The van der Waals surface area contributed by atoms with Crippen molar-refractivity contribution in [1.29, 1.82) is 0 Å². The molecular formula is C22H37N3O3. The van der Waals surface area contributed by atoms with Crippen molar-refractivity contribution in [3.8, 4) is 0 Å². The van der Waals surface area contributed by atoms with Gasteiger partial charge in [-0.25, -0.2) is 4.79 Å². The van der Waals surface area contributed by atoms with Gasteiger partial charge in [0.25, 0.3) is 5.91 Å². The summed E-state index contributed by atoms with van der Waals surface area (Å²) in [5.74, 6) is -1.18. The summed E-state index contributed by atoms with van der Waals surface area (Å²) in [6.07, 6.45) is 5.47. The molecule has 0 saturated carbocycles. The summed E-state index contributed by atoms with van der Waals surface area (Å²) in [5, 5.41) is 12.6. The van der Waals surface area contributed by atoms with E-state index in [-0.39, 0.29) is 28.8 Å². The van der Waals surface area contributed by atoms with E-state index >= 15 is 0 Å². The molecule has 1 rings (SSSR count). The summed E-state index contributed by atoms with van der Waals surface area (Å²) >= 11 is 0. The van der Waals surface area contributed by atoms with Crippen molar-refractivity contribution >= 4 is 11.9 Å². The van der Waals surface area contributed by atoms with Gasteiger partial charge in [-0.2, -0.15) is 0 Å². The average Bonchev–Trinajstić information content (AvgIpc) is 3.08. The highest BCUT2D eigenvalue weighted by Crippen LogP contribution is 2.35. The second-order valence-electron chi connectivity index (χ2n) is 9.07. The van der Waals surface area contributed by atoms with Crippen LogP contribution in [0.2, 0.25) is 0 Å². The van der Waals surface area contributed by atoms with Gasteiger partial charge >= 0.3 is 5.97 Å². The van der Waals surface area contributed by atoms with E-state index in [0.29, 0.717) is 17.7 Å². The number of amides is 1. The van der Waals surface area contributed by atoms with Crippen LogP contribution in [0, 0.1) is 11.8 Å². The third kappa shape index (κ3) is 5.40. The molecule has 28 heavy (non-hydrogen) atoms. The summed E-state index contributed by atoms with van der Waals surface area (Å²) in [5.41, 5.74) is 0.450. The van der Waals surface area contributed by atoms with Crippen molar-refractivity contribution in [3.05, 3.63) is 35.8 Å². The molecule has 1 unspecified atom stereocenters. The van der Waals surface area contributed by atoms with Gasteiger partial charge in [-0.15, -0.1) is 0 Å². The van der Waals surface area contributed by atoms with E-state index in [4.69, 9.17) is 0 Å². The van der Waals surface area contributed by atoms with Crippen molar-refractivity contribution in [3.63, 3.8) is 0 Å². The maximum absolute atomic E-state index is 12.1. The number of carboxylic acid groups (broad SMARTS) is 1. The lowest BCUT2D eigenvalue weighted by molar-refractivity contribution is -0.133. The third-order valence-corrected chi connectivity index (χ3v) is 5.95. The molecule has 1 aromatic heterocycles. The monoisotopic (exact) mass is 391 g/mol. The minimum atomic E-state index is -0.901. The largest absolute Gasteiger partial charge is 0.478 e. The van der Waals surface area contributed by atoms with Crippen LogP contribution in [-0.2, 0) is 10.3 Å². The molecule has 0 radical (unpaired) electrons. The van der Waals surface area contributed by atoms with Crippen LogP contribution in [0.3, 0.4) is 0 Å². The molecule has 0 aliphatic heterocycles. The number of carboxylic acids is 1. The molecule has 2 atom stereocenters. The number of carbonyl (C=O) groups is 2. The number of hydrogen-bond acceptors (Lipinski definition) is 3. The van der Waals surface area contributed by atoms with E-state index < -0.39 is 5.97 Å². The quantitative estimate of drug-likeness (QED) is 0.658. The van der Waals surface area contributed by atoms with Crippen LogP contribution in [0.15, 0.2) is 30.2 Å². The molecule has 0 aliphatic rings. The van der Waals surface area contributed by atoms with Crippen LogP contribution in [0.4, 0.5) is 0 Å². The van der Waals surface area contributed by atoms with E-state index in [9.17, 15) is 14.7 Å². The maximum Gasteiger partial charge on any atom is 0.333 e. The summed E-state index contributed by atoms with van der Waals surface area (Å²) < 4.78 is 2.01. The van der Waals surface area contributed by atoms with Gasteiger partial charge in [0.2, 0.25) is 0 Å². The van der Waals surface area contributed by atoms with Crippen molar-refractivity contribution in [2.75, 3.05) is 13.6 Å². The van der Waals surface area contributed by atoms with Crippen molar-refractivity contribution < 1.29 is 14.7 Å². The van der Waals surface area contributed by atoms with Crippen LogP contribution in [-0.4, -0.2) is 45.6 Å². The first-order valence-corrected chi connectivity index (χ1v) is 9.88. The number of aromatic nitrogens is 1. The minimum absolute atomic E-state index is 0.0118. The molecule has 1 aromatic rings. The highest BCUT2D eigenvalue weighted by atomic mass is 16.4. The van der Waals surface area contributed by atoms with E-state index in [1.54, 1.807) is 12.3 Å². The molecule has 0 spiro atoms. The molecule has 0 bridgehead atoms. The minimum Gasteiger partial charge on any atom is -0.478 e. The zero-order chi connectivity index (χ0) is 21.9. The van der Waals surface area contributed by atoms with Crippen LogP contribution in [0.5, 0.6) is 0 Å². The Labute approximate surface area is 169 Å². The van der Waals surface area contributed by atoms with Gasteiger partial charge in [0.05, 0.1) is 11.1 Å².